The average molecular weight is 283 g/mol. The van der Waals surface area contributed by atoms with Crippen LogP contribution in [0.1, 0.15) is 36.9 Å². The van der Waals surface area contributed by atoms with E-state index in [0.29, 0.717) is 6.10 Å². The zero-order valence-electron chi connectivity index (χ0n) is 11.8. The van der Waals surface area contributed by atoms with Gasteiger partial charge in [-0.25, -0.2) is 4.98 Å². The number of hydrogen-bond donors (Lipinski definition) is 1. The van der Waals surface area contributed by atoms with Crippen LogP contribution in [-0.4, -0.2) is 42.2 Å². The van der Waals surface area contributed by atoms with E-state index in [1.807, 2.05) is 0 Å². The molecule has 1 fully saturated rings. The van der Waals surface area contributed by atoms with E-state index in [2.05, 4.69) is 22.2 Å². The predicted octanol–water partition coefficient (Wildman–Crippen LogP) is 2.04. The Morgan fingerprint density at radius 2 is 2.26 bits per heavy atom. The molecule has 1 aliphatic heterocycles. The molecule has 1 aromatic rings. The molecule has 0 unspecified atom stereocenters. The van der Waals surface area contributed by atoms with Crippen molar-refractivity contribution in [1.82, 2.24) is 9.88 Å². The van der Waals surface area contributed by atoms with Gasteiger partial charge in [-0.1, -0.05) is 6.92 Å². The summed E-state index contributed by atoms with van der Waals surface area (Å²) in [6.45, 7) is 6.92. The number of ether oxygens (including phenoxy) is 1. The number of thiazole rings is 1. The molecule has 19 heavy (non-hydrogen) atoms. The van der Waals surface area contributed by atoms with Crippen molar-refractivity contribution >= 4 is 11.3 Å². The largest absolute Gasteiger partial charge is 0.378 e. The minimum atomic E-state index is 0.435. The standard InChI is InChI=1S/C14H25N3OS/c1-2-14-16-12(11-19-14)10-17-7-4-13(5-8-17)18-9-3-6-15/h11,13H,2-10,15H2,1H3. The Kier molecular flexibility index (Phi) is 6.23. The number of nitrogens with two attached hydrogens (primary N) is 1. The number of likely N-dealkylation sites (tertiary alicyclic amines) is 1. The maximum atomic E-state index is 5.82. The second kappa shape index (κ2) is 7.94. The molecule has 0 saturated carbocycles. The van der Waals surface area contributed by atoms with Crippen LogP contribution < -0.4 is 5.73 Å². The highest BCUT2D eigenvalue weighted by atomic mass is 32.1. The number of hydrogen-bond acceptors (Lipinski definition) is 5. The van der Waals surface area contributed by atoms with E-state index in [4.69, 9.17) is 10.5 Å². The SMILES string of the molecule is CCc1nc(CN2CCC(OCCCN)CC2)cs1. The van der Waals surface area contributed by atoms with E-state index >= 15 is 0 Å². The lowest BCUT2D eigenvalue weighted by Gasteiger charge is -2.31. The molecule has 1 aliphatic rings. The van der Waals surface area contributed by atoms with Crippen molar-refractivity contribution in [2.45, 2.75) is 45.3 Å². The van der Waals surface area contributed by atoms with Crippen LogP contribution in [0, 0.1) is 0 Å². The van der Waals surface area contributed by atoms with Crippen LogP contribution in [0.15, 0.2) is 5.38 Å². The molecule has 0 aromatic carbocycles. The third-order valence-electron chi connectivity index (χ3n) is 3.52. The summed E-state index contributed by atoms with van der Waals surface area (Å²) in [4.78, 5) is 7.12. The maximum absolute atomic E-state index is 5.82. The number of aromatic nitrogens is 1. The molecule has 1 saturated heterocycles. The maximum Gasteiger partial charge on any atom is 0.0926 e. The van der Waals surface area contributed by atoms with Gasteiger partial charge in [-0.05, 0) is 32.2 Å². The van der Waals surface area contributed by atoms with Crippen molar-refractivity contribution in [3.63, 3.8) is 0 Å². The van der Waals surface area contributed by atoms with Gasteiger partial charge < -0.3 is 10.5 Å². The first-order valence-electron chi connectivity index (χ1n) is 7.29. The van der Waals surface area contributed by atoms with Gasteiger partial charge in [-0.2, -0.15) is 0 Å². The fourth-order valence-electron chi connectivity index (χ4n) is 2.38. The molecule has 1 aromatic heterocycles. The molecule has 0 radical (unpaired) electrons. The van der Waals surface area contributed by atoms with Crippen LogP contribution in [0.2, 0.25) is 0 Å². The van der Waals surface area contributed by atoms with Crippen LogP contribution in [-0.2, 0) is 17.7 Å². The summed E-state index contributed by atoms with van der Waals surface area (Å²) >= 11 is 1.78. The smallest absolute Gasteiger partial charge is 0.0926 e. The number of rotatable bonds is 7. The average Bonchev–Trinajstić information content (AvgIpc) is 2.89. The predicted molar refractivity (Wildman–Crippen MR) is 79.4 cm³/mol. The number of piperidine rings is 1. The van der Waals surface area contributed by atoms with Gasteiger partial charge in [0.2, 0.25) is 0 Å². The number of aryl methyl sites for hydroxylation is 1. The fourth-order valence-corrected chi connectivity index (χ4v) is 3.12. The molecule has 2 heterocycles. The fraction of sp³-hybridized carbons (Fsp3) is 0.786. The normalized spacial score (nSPS) is 18.0. The van der Waals surface area contributed by atoms with Crippen molar-refractivity contribution in [3.05, 3.63) is 16.1 Å². The van der Waals surface area contributed by atoms with E-state index in [-0.39, 0.29) is 0 Å². The molecule has 4 nitrogen and oxygen atoms in total. The third kappa shape index (κ3) is 4.84. The van der Waals surface area contributed by atoms with Crippen molar-refractivity contribution in [3.8, 4) is 0 Å². The van der Waals surface area contributed by atoms with Gasteiger partial charge in [0.15, 0.2) is 0 Å². The first-order valence-corrected chi connectivity index (χ1v) is 8.17. The molecule has 2 N–H and O–H groups in total. The Balaban J connectivity index is 1.68. The van der Waals surface area contributed by atoms with Gasteiger partial charge in [0.1, 0.15) is 0 Å². The summed E-state index contributed by atoms with van der Waals surface area (Å²) in [5.41, 5.74) is 6.70. The molecule has 2 rings (SSSR count). The van der Waals surface area contributed by atoms with Gasteiger partial charge in [0, 0.05) is 31.6 Å². The summed E-state index contributed by atoms with van der Waals surface area (Å²) < 4.78 is 5.82. The minimum absolute atomic E-state index is 0.435. The van der Waals surface area contributed by atoms with Crippen molar-refractivity contribution < 1.29 is 4.74 Å². The van der Waals surface area contributed by atoms with Crippen LogP contribution in [0.25, 0.3) is 0 Å². The summed E-state index contributed by atoms with van der Waals surface area (Å²) in [5, 5.41) is 3.44. The van der Waals surface area contributed by atoms with E-state index < -0.39 is 0 Å². The zero-order valence-corrected chi connectivity index (χ0v) is 12.6. The molecule has 0 bridgehead atoms. The Hall–Kier alpha value is -0.490. The Morgan fingerprint density at radius 3 is 2.89 bits per heavy atom. The van der Waals surface area contributed by atoms with Gasteiger partial charge in [0.05, 0.1) is 16.8 Å². The van der Waals surface area contributed by atoms with E-state index in [0.717, 1.165) is 58.5 Å². The van der Waals surface area contributed by atoms with Crippen molar-refractivity contribution in [1.29, 1.82) is 0 Å². The first-order chi connectivity index (χ1) is 9.31. The summed E-state index contributed by atoms with van der Waals surface area (Å²) in [6, 6.07) is 0. The monoisotopic (exact) mass is 283 g/mol. The van der Waals surface area contributed by atoms with E-state index in [1.54, 1.807) is 11.3 Å². The van der Waals surface area contributed by atoms with Gasteiger partial charge in [-0.3, -0.25) is 4.90 Å². The molecular formula is C14H25N3OS. The van der Waals surface area contributed by atoms with Crippen molar-refractivity contribution in [2.24, 2.45) is 5.73 Å². The molecule has 108 valence electrons. The zero-order chi connectivity index (χ0) is 13.5. The topological polar surface area (TPSA) is 51.4 Å². The Labute approximate surface area is 120 Å². The Morgan fingerprint density at radius 1 is 1.47 bits per heavy atom. The second-order valence-electron chi connectivity index (χ2n) is 5.07. The molecule has 0 atom stereocenters. The van der Waals surface area contributed by atoms with Crippen LogP contribution in [0.5, 0.6) is 0 Å². The lowest BCUT2D eigenvalue weighted by atomic mass is 10.1. The Bertz CT molecular complexity index is 361. The molecule has 0 aliphatic carbocycles. The molecular weight excluding hydrogens is 258 g/mol. The van der Waals surface area contributed by atoms with Gasteiger partial charge in [0.25, 0.3) is 0 Å². The molecule has 5 heteroatoms. The highest BCUT2D eigenvalue weighted by Crippen LogP contribution is 2.18. The summed E-state index contributed by atoms with van der Waals surface area (Å²) in [5.74, 6) is 0. The second-order valence-corrected chi connectivity index (χ2v) is 6.02. The molecule has 0 amide bonds. The quantitative estimate of drug-likeness (QED) is 0.778. The lowest BCUT2D eigenvalue weighted by molar-refractivity contribution is 0.00543. The van der Waals surface area contributed by atoms with E-state index in [1.165, 1.54) is 10.7 Å². The summed E-state index contributed by atoms with van der Waals surface area (Å²) in [7, 11) is 0. The summed E-state index contributed by atoms with van der Waals surface area (Å²) in [6.07, 6.45) is 4.72. The van der Waals surface area contributed by atoms with Gasteiger partial charge >= 0.3 is 0 Å². The highest BCUT2D eigenvalue weighted by molar-refractivity contribution is 7.09. The third-order valence-corrected chi connectivity index (χ3v) is 4.57. The lowest BCUT2D eigenvalue weighted by Crippen LogP contribution is -2.36. The van der Waals surface area contributed by atoms with Gasteiger partial charge in [-0.15, -0.1) is 11.3 Å². The minimum Gasteiger partial charge on any atom is -0.378 e. The first kappa shape index (κ1) is 14.9. The van der Waals surface area contributed by atoms with Crippen LogP contribution >= 0.6 is 11.3 Å². The number of nitrogens with zero attached hydrogens (tertiary/aromatic N) is 2. The van der Waals surface area contributed by atoms with E-state index in [9.17, 15) is 0 Å². The van der Waals surface area contributed by atoms with Crippen LogP contribution in [0.3, 0.4) is 0 Å². The molecule has 0 spiro atoms. The van der Waals surface area contributed by atoms with Crippen molar-refractivity contribution in [2.75, 3.05) is 26.2 Å². The van der Waals surface area contributed by atoms with Crippen LogP contribution in [0.4, 0.5) is 0 Å². The highest BCUT2D eigenvalue weighted by Gasteiger charge is 2.20.